The largest absolute Gasteiger partial charge is 0.334 e. The molecule has 1 aromatic carbocycles. The zero-order valence-electron chi connectivity index (χ0n) is 12.7. The number of nitrogens with zero attached hydrogens (tertiary/aromatic N) is 2. The molecule has 3 rings (SSSR count). The SMILES string of the molecule is O=C(NCc1ccnc(-c2ccncc2)c1)Nc1ccccc1F. The van der Waals surface area contributed by atoms with Gasteiger partial charge < -0.3 is 10.6 Å². The molecule has 2 amide bonds. The Kier molecular flexibility index (Phi) is 4.76. The Morgan fingerprint density at radius 2 is 1.83 bits per heavy atom. The van der Waals surface area contributed by atoms with Gasteiger partial charge in [0, 0.05) is 30.7 Å². The fraction of sp³-hybridized carbons (Fsp3) is 0.0556. The topological polar surface area (TPSA) is 66.9 Å². The summed E-state index contributed by atoms with van der Waals surface area (Å²) in [5.41, 5.74) is 2.77. The number of para-hydroxylation sites is 1. The van der Waals surface area contributed by atoms with Gasteiger partial charge in [-0.3, -0.25) is 9.97 Å². The third kappa shape index (κ3) is 3.92. The third-order valence-electron chi connectivity index (χ3n) is 3.38. The number of carbonyl (C=O) groups is 1. The average Bonchev–Trinajstić information content (AvgIpc) is 2.63. The first kappa shape index (κ1) is 15.6. The molecule has 0 aliphatic rings. The summed E-state index contributed by atoms with van der Waals surface area (Å²) in [6, 6.07) is 13.0. The van der Waals surface area contributed by atoms with Crippen LogP contribution in [0, 0.1) is 5.82 Å². The molecular formula is C18H15FN4O. The second kappa shape index (κ2) is 7.32. The Morgan fingerprint density at radius 3 is 2.62 bits per heavy atom. The highest BCUT2D eigenvalue weighted by Crippen LogP contribution is 2.16. The predicted molar refractivity (Wildman–Crippen MR) is 89.7 cm³/mol. The molecule has 0 aliphatic carbocycles. The van der Waals surface area contributed by atoms with Crippen molar-refractivity contribution < 1.29 is 9.18 Å². The summed E-state index contributed by atoms with van der Waals surface area (Å²) in [6.45, 7) is 0.306. The summed E-state index contributed by atoms with van der Waals surface area (Å²) >= 11 is 0. The van der Waals surface area contributed by atoms with E-state index < -0.39 is 11.8 Å². The molecule has 0 saturated heterocycles. The lowest BCUT2D eigenvalue weighted by Crippen LogP contribution is -2.28. The van der Waals surface area contributed by atoms with E-state index in [1.165, 1.54) is 12.1 Å². The molecule has 120 valence electrons. The number of aromatic nitrogens is 2. The van der Waals surface area contributed by atoms with Gasteiger partial charge in [-0.1, -0.05) is 12.1 Å². The van der Waals surface area contributed by atoms with Gasteiger partial charge in [0.1, 0.15) is 5.82 Å². The van der Waals surface area contributed by atoms with Crippen molar-refractivity contribution >= 4 is 11.7 Å². The molecule has 0 atom stereocenters. The zero-order chi connectivity index (χ0) is 16.8. The number of pyridine rings is 2. The van der Waals surface area contributed by atoms with Gasteiger partial charge in [0.05, 0.1) is 11.4 Å². The smallest absolute Gasteiger partial charge is 0.319 e. The van der Waals surface area contributed by atoms with Crippen molar-refractivity contribution in [3.05, 3.63) is 78.5 Å². The van der Waals surface area contributed by atoms with E-state index in [4.69, 9.17) is 0 Å². The number of halogens is 1. The lowest BCUT2D eigenvalue weighted by Gasteiger charge is -2.09. The van der Waals surface area contributed by atoms with E-state index in [0.717, 1.165) is 16.8 Å². The van der Waals surface area contributed by atoms with Crippen LogP contribution in [0.1, 0.15) is 5.56 Å². The molecule has 6 heteroatoms. The first-order valence-electron chi connectivity index (χ1n) is 7.37. The number of urea groups is 1. The van der Waals surface area contributed by atoms with Gasteiger partial charge in [-0.05, 0) is 42.0 Å². The van der Waals surface area contributed by atoms with Crippen LogP contribution in [-0.4, -0.2) is 16.0 Å². The quantitative estimate of drug-likeness (QED) is 0.771. The minimum Gasteiger partial charge on any atom is -0.334 e. The fourth-order valence-electron chi connectivity index (χ4n) is 2.18. The molecular weight excluding hydrogens is 307 g/mol. The van der Waals surface area contributed by atoms with Crippen LogP contribution < -0.4 is 10.6 Å². The number of hydrogen-bond acceptors (Lipinski definition) is 3. The van der Waals surface area contributed by atoms with Gasteiger partial charge in [0.15, 0.2) is 0 Å². The van der Waals surface area contributed by atoms with Gasteiger partial charge in [0.2, 0.25) is 0 Å². The maximum Gasteiger partial charge on any atom is 0.319 e. The molecule has 0 bridgehead atoms. The van der Waals surface area contributed by atoms with Crippen LogP contribution in [0.25, 0.3) is 11.3 Å². The number of amides is 2. The number of carbonyl (C=O) groups excluding carboxylic acids is 1. The van der Waals surface area contributed by atoms with Gasteiger partial charge in [0.25, 0.3) is 0 Å². The number of hydrogen-bond donors (Lipinski definition) is 2. The lowest BCUT2D eigenvalue weighted by atomic mass is 10.1. The molecule has 0 unspecified atom stereocenters. The Labute approximate surface area is 138 Å². The highest BCUT2D eigenvalue weighted by molar-refractivity contribution is 5.89. The monoisotopic (exact) mass is 322 g/mol. The van der Waals surface area contributed by atoms with Crippen molar-refractivity contribution in [3.8, 4) is 11.3 Å². The first-order valence-corrected chi connectivity index (χ1v) is 7.37. The second-order valence-corrected chi connectivity index (χ2v) is 5.07. The van der Waals surface area contributed by atoms with Crippen molar-refractivity contribution in [3.63, 3.8) is 0 Å². The van der Waals surface area contributed by atoms with E-state index in [-0.39, 0.29) is 5.69 Å². The third-order valence-corrected chi connectivity index (χ3v) is 3.38. The molecule has 0 saturated carbocycles. The molecule has 0 aliphatic heterocycles. The lowest BCUT2D eigenvalue weighted by molar-refractivity contribution is 0.251. The highest BCUT2D eigenvalue weighted by Gasteiger charge is 2.06. The van der Waals surface area contributed by atoms with Crippen LogP contribution in [0.3, 0.4) is 0 Å². The molecule has 0 radical (unpaired) electrons. The van der Waals surface area contributed by atoms with Gasteiger partial charge in [-0.2, -0.15) is 0 Å². The maximum absolute atomic E-state index is 13.5. The molecule has 2 heterocycles. The Bertz CT molecular complexity index is 839. The summed E-state index contributed by atoms with van der Waals surface area (Å²) in [5, 5.41) is 5.17. The minimum absolute atomic E-state index is 0.141. The number of rotatable bonds is 4. The van der Waals surface area contributed by atoms with Gasteiger partial charge in [-0.15, -0.1) is 0 Å². The number of nitrogens with one attached hydrogen (secondary N) is 2. The van der Waals surface area contributed by atoms with Crippen molar-refractivity contribution in [2.24, 2.45) is 0 Å². The van der Waals surface area contributed by atoms with E-state index in [2.05, 4.69) is 20.6 Å². The molecule has 0 fully saturated rings. The molecule has 2 N–H and O–H groups in total. The van der Waals surface area contributed by atoms with Crippen LogP contribution in [0.15, 0.2) is 67.1 Å². The summed E-state index contributed by atoms with van der Waals surface area (Å²) in [5.74, 6) is -0.475. The number of anilines is 1. The average molecular weight is 322 g/mol. The van der Waals surface area contributed by atoms with E-state index >= 15 is 0 Å². The molecule has 3 aromatic rings. The normalized spacial score (nSPS) is 10.2. The van der Waals surface area contributed by atoms with Crippen LogP contribution in [0.2, 0.25) is 0 Å². The van der Waals surface area contributed by atoms with Gasteiger partial charge in [-0.25, -0.2) is 9.18 Å². The molecule has 2 aromatic heterocycles. The van der Waals surface area contributed by atoms with Crippen molar-refractivity contribution in [2.45, 2.75) is 6.54 Å². The highest BCUT2D eigenvalue weighted by atomic mass is 19.1. The summed E-state index contributed by atoms with van der Waals surface area (Å²) in [6.07, 6.45) is 5.08. The second-order valence-electron chi connectivity index (χ2n) is 5.07. The number of benzene rings is 1. The predicted octanol–water partition coefficient (Wildman–Crippen LogP) is 3.60. The fourth-order valence-corrected chi connectivity index (χ4v) is 2.18. The summed E-state index contributed by atoms with van der Waals surface area (Å²) < 4.78 is 13.5. The van der Waals surface area contributed by atoms with Crippen molar-refractivity contribution in [1.29, 1.82) is 0 Å². The van der Waals surface area contributed by atoms with Crippen LogP contribution in [0.4, 0.5) is 14.9 Å². The van der Waals surface area contributed by atoms with Crippen molar-refractivity contribution in [1.82, 2.24) is 15.3 Å². The van der Waals surface area contributed by atoms with E-state index in [9.17, 15) is 9.18 Å². The molecule has 24 heavy (non-hydrogen) atoms. The Hall–Kier alpha value is -3.28. The van der Waals surface area contributed by atoms with Crippen LogP contribution in [0.5, 0.6) is 0 Å². The van der Waals surface area contributed by atoms with E-state index in [1.807, 2.05) is 24.3 Å². The Morgan fingerprint density at radius 1 is 1.04 bits per heavy atom. The molecule has 0 spiro atoms. The summed E-state index contributed by atoms with van der Waals surface area (Å²) in [4.78, 5) is 20.2. The maximum atomic E-state index is 13.5. The molecule has 5 nitrogen and oxygen atoms in total. The van der Waals surface area contributed by atoms with E-state index in [0.29, 0.717) is 6.54 Å². The standard InChI is InChI=1S/C18H15FN4O/c19-15-3-1-2-4-16(15)23-18(24)22-12-13-5-10-21-17(11-13)14-6-8-20-9-7-14/h1-11H,12H2,(H2,22,23,24). The van der Waals surface area contributed by atoms with E-state index in [1.54, 1.807) is 30.7 Å². The minimum atomic E-state index is -0.475. The van der Waals surface area contributed by atoms with Crippen LogP contribution >= 0.6 is 0 Å². The Balaban J connectivity index is 1.63. The van der Waals surface area contributed by atoms with Gasteiger partial charge >= 0.3 is 6.03 Å². The van der Waals surface area contributed by atoms with Crippen molar-refractivity contribution in [2.75, 3.05) is 5.32 Å². The first-order chi connectivity index (χ1) is 11.7. The summed E-state index contributed by atoms with van der Waals surface area (Å²) in [7, 11) is 0. The zero-order valence-corrected chi connectivity index (χ0v) is 12.7. The van der Waals surface area contributed by atoms with Crippen LogP contribution in [-0.2, 0) is 6.54 Å².